The van der Waals surface area contributed by atoms with Gasteiger partial charge in [-0.3, -0.25) is 4.79 Å². The maximum atomic E-state index is 13.0. The molecule has 12 heteroatoms. The average Bonchev–Trinajstić information content (AvgIpc) is 3.65. The number of aromatic nitrogens is 4. The lowest BCUT2D eigenvalue weighted by Crippen LogP contribution is -2.42. The number of hydrogen-bond acceptors (Lipinski definition) is 8. The van der Waals surface area contributed by atoms with E-state index in [0.29, 0.717) is 42.7 Å². The molecule has 6 rings (SSSR count). The molecule has 224 valence electrons. The van der Waals surface area contributed by atoms with Crippen LogP contribution >= 0.6 is 24.8 Å². The van der Waals surface area contributed by atoms with Crippen molar-refractivity contribution in [2.24, 2.45) is 5.73 Å². The molecule has 1 aromatic carbocycles. The van der Waals surface area contributed by atoms with Crippen LogP contribution in [0.1, 0.15) is 80.6 Å². The molecule has 0 spiro atoms. The second kappa shape index (κ2) is 13.9. The number of amides is 1. The second-order valence-corrected chi connectivity index (χ2v) is 11.4. The summed E-state index contributed by atoms with van der Waals surface area (Å²) in [5.41, 5.74) is 8.56. The Bertz CT molecular complexity index is 1280. The number of carbonyl (C=O) groups excluding carboxylic acids is 1. The second-order valence-electron chi connectivity index (χ2n) is 11.4. The quantitative estimate of drug-likeness (QED) is 0.336. The zero-order chi connectivity index (χ0) is 26.8. The van der Waals surface area contributed by atoms with E-state index in [9.17, 15) is 4.79 Å². The fraction of sp³-hybridized carbons (Fsp3) is 0.586. The third-order valence-corrected chi connectivity index (χ3v) is 8.70. The molecule has 3 heterocycles. The molecule has 2 aliphatic carbocycles. The highest BCUT2D eigenvalue weighted by atomic mass is 35.5. The Kier molecular flexibility index (Phi) is 10.5. The summed E-state index contributed by atoms with van der Waals surface area (Å²) in [7, 11) is 1.63. The minimum Gasteiger partial charge on any atom is -0.497 e. The standard InChI is InChI=1S/C29H40N8O2.2ClH/c1-39-24-12-6-19(7-13-24)28(38)36-16-14-22(15-17-36)32-26-25-27(37(18-31-25)23-4-2-3-5-23)35-29(34-26)33-21-10-8-20(30)9-11-21;;/h6-7,12-13,18,20-23H,2-5,8-11,14-17,30H2,1H3,(H2,32,33,34,35);2*1H/t20-,21-;;. The van der Waals surface area contributed by atoms with Crippen molar-refractivity contribution in [3.63, 3.8) is 0 Å². The largest absolute Gasteiger partial charge is 0.497 e. The summed E-state index contributed by atoms with van der Waals surface area (Å²) in [5.74, 6) is 2.26. The predicted molar refractivity (Wildman–Crippen MR) is 167 cm³/mol. The number of nitrogens with zero attached hydrogens (tertiary/aromatic N) is 5. The number of methoxy groups -OCH3 is 1. The van der Waals surface area contributed by atoms with Crippen LogP contribution in [0.5, 0.6) is 5.75 Å². The van der Waals surface area contributed by atoms with Gasteiger partial charge in [-0.05, 0) is 75.6 Å². The first kappa shape index (κ1) is 31.1. The van der Waals surface area contributed by atoms with Gasteiger partial charge in [0.15, 0.2) is 17.0 Å². The SMILES string of the molecule is COc1ccc(C(=O)N2CCC(Nc3nc(N[C@H]4CC[C@H](N)CC4)nc4c3ncn4C3CCCC3)CC2)cc1.Cl.Cl. The lowest BCUT2D eigenvalue weighted by atomic mass is 9.92. The lowest BCUT2D eigenvalue weighted by Gasteiger charge is -2.33. The summed E-state index contributed by atoms with van der Waals surface area (Å²) in [6, 6.07) is 8.63. The Balaban J connectivity index is 0.00000194. The van der Waals surface area contributed by atoms with E-state index < -0.39 is 0 Å². The number of rotatable bonds is 7. The van der Waals surface area contributed by atoms with Crippen LogP contribution in [0.4, 0.5) is 11.8 Å². The number of nitrogens with two attached hydrogens (primary N) is 1. The van der Waals surface area contributed by atoms with E-state index in [1.54, 1.807) is 7.11 Å². The van der Waals surface area contributed by atoms with Gasteiger partial charge in [0.05, 0.1) is 13.4 Å². The number of nitrogens with one attached hydrogen (secondary N) is 2. The number of fused-ring (bicyclic) bond motifs is 1. The molecule has 41 heavy (non-hydrogen) atoms. The summed E-state index contributed by atoms with van der Waals surface area (Å²) in [6.07, 6.45) is 12.6. The van der Waals surface area contributed by atoms with Crippen molar-refractivity contribution < 1.29 is 9.53 Å². The van der Waals surface area contributed by atoms with Gasteiger partial charge in [-0.25, -0.2) is 4.98 Å². The van der Waals surface area contributed by atoms with Gasteiger partial charge >= 0.3 is 0 Å². The molecule has 1 aliphatic heterocycles. The van der Waals surface area contributed by atoms with Gasteiger partial charge in [0, 0.05) is 42.8 Å². The molecule has 1 saturated heterocycles. The molecule has 2 saturated carbocycles. The van der Waals surface area contributed by atoms with Gasteiger partial charge < -0.3 is 30.6 Å². The van der Waals surface area contributed by atoms with Crippen LogP contribution in [0.15, 0.2) is 30.6 Å². The fourth-order valence-corrected chi connectivity index (χ4v) is 6.31. The van der Waals surface area contributed by atoms with Gasteiger partial charge in [0.2, 0.25) is 5.95 Å². The van der Waals surface area contributed by atoms with Gasteiger partial charge in [-0.1, -0.05) is 12.8 Å². The average molecular weight is 606 g/mol. The van der Waals surface area contributed by atoms with E-state index in [1.807, 2.05) is 35.5 Å². The Labute approximate surface area is 254 Å². The van der Waals surface area contributed by atoms with Crippen LogP contribution in [0.2, 0.25) is 0 Å². The van der Waals surface area contributed by atoms with Crippen molar-refractivity contribution in [3.05, 3.63) is 36.2 Å². The van der Waals surface area contributed by atoms with Gasteiger partial charge in [-0.15, -0.1) is 24.8 Å². The Hall–Kier alpha value is -2.82. The molecule has 3 aromatic rings. The molecule has 0 unspecified atom stereocenters. The van der Waals surface area contributed by atoms with E-state index in [4.69, 9.17) is 25.4 Å². The minimum atomic E-state index is 0. The first-order valence-corrected chi connectivity index (χ1v) is 14.5. The number of hydrogen-bond donors (Lipinski definition) is 3. The van der Waals surface area contributed by atoms with E-state index in [-0.39, 0.29) is 36.8 Å². The molecule has 2 aromatic heterocycles. The number of halogens is 2. The molecule has 4 N–H and O–H groups in total. The Morgan fingerprint density at radius 1 is 0.902 bits per heavy atom. The molecular weight excluding hydrogens is 563 g/mol. The minimum absolute atomic E-state index is 0. The van der Waals surface area contributed by atoms with Crippen molar-refractivity contribution in [1.82, 2.24) is 24.4 Å². The molecule has 0 bridgehead atoms. The smallest absolute Gasteiger partial charge is 0.253 e. The van der Waals surface area contributed by atoms with Crippen LogP contribution in [0, 0.1) is 0 Å². The monoisotopic (exact) mass is 604 g/mol. The maximum absolute atomic E-state index is 13.0. The van der Waals surface area contributed by atoms with E-state index in [1.165, 1.54) is 25.7 Å². The van der Waals surface area contributed by atoms with Crippen molar-refractivity contribution >= 4 is 53.7 Å². The van der Waals surface area contributed by atoms with E-state index >= 15 is 0 Å². The molecule has 0 atom stereocenters. The van der Waals surface area contributed by atoms with Crippen LogP contribution < -0.4 is 21.1 Å². The zero-order valence-electron chi connectivity index (χ0n) is 23.6. The predicted octanol–water partition coefficient (Wildman–Crippen LogP) is 5.19. The number of carbonyl (C=O) groups is 1. The van der Waals surface area contributed by atoms with Gasteiger partial charge in [0.25, 0.3) is 5.91 Å². The first-order chi connectivity index (χ1) is 19.1. The van der Waals surface area contributed by atoms with Crippen LogP contribution in [0.3, 0.4) is 0 Å². The third-order valence-electron chi connectivity index (χ3n) is 8.70. The van der Waals surface area contributed by atoms with E-state index in [2.05, 4.69) is 15.2 Å². The van der Waals surface area contributed by atoms with Crippen molar-refractivity contribution in [3.8, 4) is 5.75 Å². The van der Waals surface area contributed by atoms with Crippen LogP contribution in [0.25, 0.3) is 11.2 Å². The Morgan fingerprint density at radius 3 is 2.22 bits per heavy atom. The topological polar surface area (TPSA) is 123 Å². The van der Waals surface area contributed by atoms with Gasteiger partial charge in [0.1, 0.15) is 5.75 Å². The lowest BCUT2D eigenvalue weighted by molar-refractivity contribution is 0.0718. The zero-order valence-corrected chi connectivity index (χ0v) is 25.3. The number of benzene rings is 1. The molecule has 3 aliphatic rings. The number of anilines is 2. The number of ether oxygens (including phenoxy) is 1. The molecule has 3 fully saturated rings. The van der Waals surface area contributed by atoms with Crippen molar-refractivity contribution in [2.75, 3.05) is 30.8 Å². The molecule has 1 amide bonds. The van der Waals surface area contributed by atoms with Crippen molar-refractivity contribution in [2.45, 2.75) is 88.4 Å². The normalized spacial score (nSPS) is 21.7. The van der Waals surface area contributed by atoms with Crippen LogP contribution in [-0.4, -0.2) is 68.7 Å². The molecular formula is C29H42Cl2N8O2. The summed E-state index contributed by atoms with van der Waals surface area (Å²) in [6.45, 7) is 1.39. The third kappa shape index (κ3) is 6.98. The number of imidazole rings is 1. The highest BCUT2D eigenvalue weighted by molar-refractivity contribution is 5.94. The maximum Gasteiger partial charge on any atom is 0.253 e. The Morgan fingerprint density at radius 2 is 1.56 bits per heavy atom. The first-order valence-electron chi connectivity index (χ1n) is 14.5. The van der Waals surface area contributed by atoms with Crippen LogP contribution in [-0.2, 0) is 0 Å². The highest BCUT2D eigenvalue weighted by Gasteiger charge is 2.27. The van der Waals surface area contributed by atoms with Gasteiger partial charge in [-0.2, -0.15) is 9.97 Å². The molecule has 0 radical (unpaired) electrons. The summed E-state index contributed by atoms with van der Waals surface area (Å²) in [4.78, 5) is 29.7. The molecule has 10 nitrogen and oxygen atoms in total. The number of piperidine rings is 1. The summed E-state index contributed by atoms with van der Waals surface area (Å²) >= 11 is 0. The summed E-state index contributed by atoms with van der Waals surface area (Å²) < 4.78 is 7.48. The van der Waals surface area contributed by atoms with E-state index in [0.717, 1.165) is 61.3 Å². The number of likely N-dealkylation sites (tertiary alicyclic amines) is 1. The summed E-state index contributed by atoms with van der Waals surface area (Å²) in [5, 5.41) is 7.29. The fourth-order valence-electron chi connectivity index (χ4n) is 6.31. The highest BCUT2D eigenvalue weighted by Crippen LogP contribution is 2.34. The van der Waals surface area contributed by atoms with Crippen molar-refractivity contribution in [1.29, 1.82) is 0 Å².